The third-order valence-corrected chi connectivity index (χ3v) is 7.74. The van der Waals surface area contributed by atoms with Gasteiger partial charge in [-0.15, -0.1) is 0 Å². The summed E-state index contributed by atoms with van der Waals surface area (Å²) >= 11 is 0. The van der Waals surface area contributed by atoms with Crippen molar-refractivity contribution in [3.63, 3.8) is 0 Å². The van der Waals surface area contributed by atoms with Crippen LogP contribution in [-0.4, -0.2) is 78.1 Å². The smallest absolute Gasteiger partial charge is 0.222 e. The van der Waals surface area contributed by atoms with Crippen LogP contribution < -0.4 is 20.3 Å². The molecule has 4 heterocycles. The Kier molecular flexibility index (Phi) is 7.86. The lowest BCUT2D eigenvalue weighted by atomic mass is 10.1. The van der Waals surface area contributed by atoms with Gasteiger partial charge < -0.3 is 30.1 Å². The number of hydrogen-bond acceptors (Lipinski definition) is 11. The highest BCUT2D eigenvalue weighted by Crippen LogP contribution is 2.36. The third-order valence-electron chi connectivity index (χ3n) is 6.77. The second-order valence-electron chi connectivity index (χ2n) is 10.8. The predicted molar refractivity (Wildman–Crippen MR) is 154 cm³/mol. The molecule has 0 spiro atoms. The topological polar surface area (TPSA) is 156 Å². The molecule has 1 amide bonds. The number of rotatable bonds is 9. The minimum Gasteiger partial charge on any atom is -0.490 e. The van der Waals surface area contributed by atoms with E-state index in [0.717, 1.165) is 25.0 Å². The third kappa shape index (κ3) is 7.29. The molecule has 1 aliphatic heterocycles. The van der Waals surface area contributed by atoms with Crippen LogP contribution in [0.25, 0.3) is 11.3 Å². The number of anilines is 4. The van der Waals surface area contributed by atoms with E-state index in [1.54, 1.807) is 24.5 Å². The fraction of sp³-hybridized carbons (Fsp3) is 0.429. The number of morpholine rings is 1. The summed E-state index contributed by atoms with van der Waals surface area (Å²) < 4.78 is 36.4. The Morgan fingerprint density at radius 1 is 1.12 bits per heavy atom. The maximum Gasteiger partial charge on any atom is 0.222 e. The number of hydrogen-bond donors (Lipinski definition) is 3. The minimum atomic E-state index is -3.68. The summed E-state index contributed by atoms with van der Waals surface area (Å²) in [5.74, 6) is 0.444. The molecule has 3 N–H and O–H groups in total. The Morgan fingerprint density at radius 2 is 1.85 bits per heavy atom. The van der Waals surface area contributed by atoms with Crippen molar-refractivity contribution in [3.05, 3.63) is 42.7 Å². The number of carbonyl (C=O) groups excluding carboxylic acids is 1. The Bertz CT molecular complexity index is 1530. The highest BCUT2D eigenvalue weighted by Gasteiger charge is 2.41. The predicted octanol–water partition coefficient (Wildman–Crippen LogP) is 3.16. The molecule has 13 heteroatoms. The normalized spacial score (nSPS) is 19.9. The zero-order chi connectivity index (χ0) is 29.4. The first-order chi connectivity index (χ1) is 19.4. The van der Waals surface area contributed by atoms with Crippen molar-refractivity contribution < 1.29 is 27.8 Å². The molecule has 41 heavy (non-hydrogen) atoms. The quantitative estimate of drug-likeness (QED) is 0.341. The fourth-order valence-electron chi connectivity index (χ4n) is 4.60. The van der Waals surface area contributed by atoms with Gasteiger partial charge >= 0.3 is 0 Å². The highest BCUT2D eigenvalue weighted by atomic mass is 32.2. The van der Waals surface area contributed by atoms with E-state index < -0.39 is 15.4 Å². The minimum absolute atomic E-state index is 0.0454. The summed E-state index contributed by atoms with van der Waals surface area (Å²) in [4.78, 5) is 27.3. The summed E-state index contributed by atoms with van der Waals surface area (Å²) in [6, 6.07) is 8.37. The molecule has 3 aromatic heterocycles. The molecule has 1 aliphatic carbocycles. The van der Waals surface area contributed by atoms with Crippen LogP contribution in [-0.2, 0) is 19.4 Å². The van der Waals surface area contributed by atoms with Crippen molar-refractivity contribution in [1.82, 2.24) is 15.0 Å². The maximum absolute atomic E-state index is 12.4. The van der Waals surface area contributed by atoms with Gasteiger partial charge in [-0.05, 0) is 38.8 Å². The second-order valence-corrected chi connectivity index (χ2v) is 12.8. The van der Waals surface area contributed by atoms with E-state index in [1.165, 1.54) is 13.0 Å². The number of carbonyl (C=O) groups is 1. The fourth-order valence-corrected chi connectivity index (χ4v) is 5.19. The van der Waals surface area contributed by atoms with E-state index >= 15 is 0 Å². The van der Waals surface area contributed by atoms with E-state index in [-0.39, 0.29) is 41.3 Å². The van der Waals surface area contributed by atoms with Crippen molar-refractivity contribution in [2.75, 3.05) is 41.5 Å². The van der Waals surface area contributed by atoms with Crippen LogP contribution in [0.15, 0.2) is 47.8 Å². The van der Waals surface area contributed by atoms with Gasteiger partial charge in [-0.1, -0.05) is 0 Å². The first-order valence-corrected chi connectivity index (χ1v) is 15.2. The van der Waals surface area contributed by atoms with E-state index in [0.29, 0.717) is 35.6 Å². The molecular formula is C28H34N6O6S. The van der Waals surface area contributed by atoms with Crippen molar-refractivity contribution in [1.29, 1.82) is 0 Å². The van der Waals surface area contributed by atoms with Crippen molar-refractivity contribution in [2.24, 2.45) is 0 Å². The number of nitrogens with one attached hydrogen (secondary N) is 2. The molecule has 2 atom stereocenters. The standard InChI is InChI=1S/C28H34N6O6S/c1-17-14-34(15-18(2)40-17)20-5-6-23(29-12-20)22-13-30-25(31-19(3)35)11-24(22)32-26-9-21(39-16-28(36)7-8-28)10-27(33-26)41(4,37)38/h5-6,9-13,17-18,36H,7-8,14-16H2,1-4H3,(H2,30,31,32,33,35). The largest absolute Gasteiger partial charge is 0.490 e. The molecule has 0 radical (unpaired) electrons. The molecule has 1 saturated heterocycles. The molecule has 2 unspecified atom stereocenters. The Hall–Kier alpha value is -3.81. The summed E-state index contributed by atoms with van der Waals surface area (Å²) in [6.07, 6.45) is 5.91. The lowest BCUT2D eigenvalue weighted by molar-refractivity contribution is -0.114. The number of sulfone groups is 1. The molecule has 2 aliphatic rings. The molecule has 0 aromatic carbocycles. The monoisotopic (exact) mass is 582 g/mol. The maximum atomic E-state index is 12.4. The summed E-state index contributed by atoms with van der Waals surface area (Å²) in [5.41, 5.74) is 1.79. The Balaban J connectivity index is 1.48. The van der Waals surface area contributed by atoms with Gasteiger partial charge in [0.1, 0.15) is 24.0 Å². The molecule has 1 saturated carbocycles. The van der Waals surface area contributed by atoms with Crippen molar-refractivity contribution >= 4 is 38.8 Å². The van der Waals surface area contributed by atoms with Gasteiger partial charge in [-0.3, -0.25) is 9.78 Å². The number of ether oxygens (including phenoxy) is 2. The van der Waals surface area contributed by atoms with E-state index in [1.807, 2.05) is 26.0 Å². The van der Waals surface area contributed by atoms with E-state index in [2.05, 4.69) is 30.5 Å². The second kappa shape index (κ2) is 11.2. The van der Waals surface area contributed by atoms with Gasteiger partial charge in [-0.25, -0.2) is 18.4 Å². The van der Waals surface area contributed by atoms with Crippen LogP contribution in [0, 0.1) is 0 Å². The molecule has 12 nitrogen and oxygen atoms in total. The van der Waals surface area contributed by atoms with Gasteiger partial charge in [0.2, 0.25) is 5.91 Å². The summed E-state index contributed by atoms with van der Waals surface area (Å²) in [6.45, 7) is 7.03. The average Bonchev–Trinajstić information content (AvgIpc) is 3.64. The Labute approximate surface area is 239 Å². The highest BCUT2D eigenvalue weighted by molar-refractivity contribution is 7.90. The van der Waals surface area contributed by atoms with Crippen LogP contribution in [0.5, 0.6) is 5.75 Å². The van der Waals surface area contributed by atoms with Crippen molar-refractivity contribution in [3.8, 4) is 17.0 Å². The van der Waals surface area contributed by atoms with Crippen LogP contribution in [0.2, 0.25) is 0 Å². The molecule has 3 aromatic rings. The lowest BCUT2D eigenvalue weighted by Gasteiger charge is -2.36. The van der Waals surface area contributed by atoms with E-state index in [9.17, 15) is 18.3 Å². The molecular weight excluding hydrogens is 548 g/mol. The van der Waals surface area contributed by atoms with Crippen LogP contribution in [0.1, 0.15) is 33.6 Å². The van der Waals surface area contributed by atoms with Crippen LogP contribution in [0.3, 0.4) is 0 Å². The number of aromatic nitrogens is 3. The average molecular weight is 583 g/mol. The van der Waals surface area contributed by atoms with Crippen LogP contribution >= 0.6 is 0 Å². The van der Waals surface area contributed by atoms with Gasteiger partial charge in [0, 0.05) is 56.2 Å². The van der Waals surface area contributed by atoms with Gasteiger partial charge in [0.25, 0.3) is 0 Å². The number of amides is 1. The Morgan fingerprint density at radius 3 is 2.46 bits per heavy atom. The van der Waals surface area contributed by atoms with Crippen LogP contribution in [0.4, 0.5) is 23.0 Å². The van der Waals surface area contributed by atoms with E-state index in [4.69, 9.17) is 9.47 Å². The number of nitrogens with zero attached hydrogens (tertiary/aromatic N) is 4. The molecule has 218 valence electrons. The zero-order valence-electron chi connectivity index (χ0n) is 23.4. The molecule has 5 rings (SSSR count). The zero-order valence-corrected chi connectivity index (χ0v) is 24.2. The van der Waals surface area contributed by atoms with Gasteiger partial charge in [0.05, 0.1) is 41.1 Å². The molecule has 0 bridgehead atoms. The first-order valence-electron chi connectivity index (χ1n) is 13.4. The van der Waals surface area contributed by atoms with Gasteiger partial charge in [-0.2, -0.15) is 0 Å². The summed E-state index contributed by atoms with van der Waals surface area (Å²) in [5, 5.41) is 15.8. The number of pyridine rings is 3. The van der Waals surface area contributed by atoms with Gasteiger partial charge in [0.15, 0.2) is 14.9 Å². The first kappa shape index (κ1) is 28.7. The van der Waals surface area contributed by atoms with Crippen molar-refractivity contribution in [2.45, 2.75) is 56.4 Å². The summed E-state index contributed by atoms with van der Waals surface area (Å²) in [7, 11) is -3.68. The molecule has 2 fully saturated rings. The SMILES string of the molecule is CC(=O)Nc1cc(Nc2cc(OCC3(O)CC3)cc(S(C)(=O)=O)n2)c(-c2ccc(N3CC(C)OC(C)C3)cn2)cn1. The number of aliphatic hydroxyl groups is 1. The lowest BCUT2D eigenvalue weighted by Crippen LogP contribution is -2.45.